The third-order valence-electron chi connectivity index (χ3n) is 2.17. The number of halogens is 1. The molecule has 5 heteroatoms. The monoisotopic (exact) mass is 265 g/mol. The van der Waals surface area contributed by atoms with Crippen LogP contribution in [-0.4, -0.2) is 4.98 Å². The van der Waals surface area contributed by atoms with E-state index in [4.69, 9.17) is 23.1 Å². The van der Waals surface area contributed by atoms with Gasteiger partial charge in [-0.3, -0.25) is 0 Å². The first-order chi connectivity index (χ1) is 8.15. The van der Waals surface area contributed by atoms with E-state index in [1.54, 1.807) is 24.0 Å². The van der Waals surface area contributed by atoms with Crippen LogP contribution in [0.3, 0.4) is 0 Å². The molecule has 17 heavy (non-hydrogen) atoms. The van der Waals surface area contributed by atoms with E-state index in [-0.39, 0.29) is 0 Å². The maximum absolute atomic E-state index is 5.82. The van der Waals surface area contributed by atoms with E-state index >= 15 is 0 Å². The predicted molar refractivity (Wildman–Crippen MR) is 74.1 cm³/mol. The van der Waals surface area contributed by atoms with Crippen LogP contribution in [0.25, 0.3) is 0 Å². The summed E-state index contributed by atoms with van der Waals surface area (Å²) in [6.45, 7) is 0. The summed E-state index contributed by atoms with van der Waals surface area (Å²) < 4.78 is 0. The fraction of sp³-hybridized carbons (Fsp3) is 0.0833. The lowest BCUT2D eigenvalue weighted by atomic mass is 10.2. The predicted octanol–water partition coefficient (Wildman–Crippen LogP) is 3.19. The van der Waals surface area contributed by atoms with E-state index in [0.717, 1.165) is 22.0 Å². The number of pyridine rings is 1. The second-order valence-corrected chi connectivity index (χ2v) is 4.98. The van der Waals surface area contributed by atoms with Crippen LogP contribution in [0.5, 0.6) is 0 Å². The average Bonchev–Trinajstić information content (AvgIpc) is 2.28. The Balaban J connectivity index is 2.07. The van der Waals surface area contributed by atoms with Crippen molar-refractivity contribution in [2.45, 2.75) is 10.8 Å². The Labute approximate surface area is 109 Å². The van der Waals surface area contributed by atoms with Gasteiger partial charge in [-0.2, -0.15) is 0 Å². The molecule has 3 nitrogen and oxygen atoms in total. The van der Waals surface area contributed by atoms with Crippen molar-refractivity contribution in [3.63, 3.8) is 0 Å². The van der Waals surface area contributed by atoms with E-state index in [1.807, 2.05) is 24.3 Å². The molecule has 0 saturated carbocycles. The van der Waals surface area contributed by atoms with Crippen LogP contribution in [-0.2, 0) is 5.75 Å². The Morgan fingerprint density at radius 2 is 2.06 bits per heavy atom. The van der Waals surface area contributed by atoms with Gasteiger partial charge in [0.1, 0.15) is 5.03 Å². The number of benzene rings is 1. The number of nitrogen functional groups attached to an aromatic ring is 2. The summed E-state index contributed by atoms with van der Waals surface area (Å²) in [5.41, 5.74) is 14.0. The fourth-order valence-electron chi connectivity index (χ4n) is 1.40. The van der Waals surface area contributed by atoms with E-state index in [2.05, 4.69) is 4.98 Å². The molecular formula is C12H12ClN3S. The largest absolute Gasteiger partial charge is 0.399 e. The molecule has 0 spiro atoms. The quantitative estimate of drug-likeness (QED) is 0.661. The van der Waals surface area contributed by atoms with E-state index in [0.29, 0.717) is 10.7 Å². The molecular weight excluding hydrogens is 254 g/mol. The molecule has 0 aliphatic heterocycles. The van der Waals surface area contributed by atoms with Crippen molar-refractivity contribution in [2.75, 3.05) is 11.5 Å². The Hall–Kier alpha value is -1.39. The summed E-state index contributed by atoms with van der Waals surface area (Å²) in [7, 11) is 0. The maximum atomic E-state index is 5.82. The minimum absolute atomic E-state index is 0.552. The standard InChI is InChI=1S/C12H12ClN3S/c13-9-5-11(15)12(16-6-9)17-7-8-2-1-3-10(14)4-8/h1-6H,7,14-15H2. The number of hydrogen-bond acceptors (Lipinski definition) is 4. The molecule has 0 saturated heterocycles. The lowest BCUT2D eigenvalue weighted by Gasteiger charge is -2.05. The van der Waals surface area contributed by atoms with Crippen LogP contribution in [0.2, 0.25) is 5.02 Å². The number of hydrogen-bond donors (Lipinski definition) is 2. The van der Waals surface area contributed by atoms with E-state index < -0.39 is 0 Å². The lowest BCUT2D eigenvalue weighted by Crippen LogP contribution is -1.92. The lowest BCUT2D eigenvalue weighted by molar-refractivity contribution is 1.14. The summed E-state index contributed by atoms with van der Waals surface area (Å²) in [6, 6.07) is 9.47. The molecule has 88 valence electrons. The molecule has 0 aliphatic rings. The van der Waals surface area contributed by atoms with Gasteiger partial charge in [0.25, 0.3) is 0 Å². The minimum atomic E-state index is 0.552. The van der Waals surface area contributed by atoms with Crippen molar-refractivity contribution < 1.29 is 0 Å². The third kappa shape index (κ3) is 3.28. The van der Waals surface area contributed by atoms with Crippen LogP contribution in [0.15, 0.2) is 41.6 Å². The highest BCUT2D eigenvalue weighted by atomic mass is 35.5. The van der Waals surface area contributed by atoms with Gasteiger partial charge < -0.3 is 11.5 Å². The first kappa shape index (κ1) is 12.1. The molecule has 1 heterocycles. The van der Waals surface area contributed by atoms with Crippen molar-refractivity contribution >= 4 is 34.7 Å². The van der Waals surface area contributed by atoms with Crippen LogP contribution >= 0.6 is 23.4 Å². The topological polar surface area (TPSA) is 64.9 Å². The molecule has 1 aromatic heterocycles. The van der Waals surface area contributed by atoms with Gasteiger partial charge in [-0.15, -0.1) is 0 Å². The zero-order chi connectivity index (χ0) is 12.3. The molecule has 0 bridgehead atoms. The Morgan fingerprint density at radius 3 is 2.76 bits per heavy atom. The van der Waals surface area contributed by atoms with Gasteiger partial charge >= 0.3 is 0 Å². The fourth-order valence-corrected chi connectivity index (χ4v) is 2.40. The van der Waals surface area contributed by atoms with Crippen LogP contribution in [0.4, 0.5) is 11.4 Å². The molecule has 0 atom stereocenters. The van der Waals surface area contributed by atoms with E-state index in [9.17, 15) is 0 Å². The van der Waals surface area contributed by atoms with Crippen LogP contribution < -0.4 is 11.5 Å². The normalized spacial score (nSPS) is 10.4. The molecule has 0 fully saturated rings. The SMILES string of the molecule is Nc1cccc(CSc2ncc(Cl)cc2N)c1. The van der Waals surface area contributed by atoms with Gasteiger partial charge in [-0.1, -0.05) is 35.5 Å². The molecule has 0 aliphatic carbocycles. The summed E-state index contributed by atoms with van der Waals surface area (Å²) in [4.78, 5) is 4.19. The number of thioether (sulfide) groups is 1. The Bertz CT molecular complexity index is 531. The zero-order valence-corrected chi connectivity index (χ0v) is 10.6. The molecule has 0 amide bonds. The summed E-state index contributed by atoms with van der Waals surface area (Å²) in [5, 5.41) is 1.34. The molecule has 2 aromatic rings. The second-order valence-electron chi connectivity index (χ2n) is 3.58. The maximum Gasteiger partial charge on any atom is 0.119 e. The van der Waals surface area contributed by atoms with Crippen molar-refractivity contribution in [1.82, 2.24) is 4.98 Å². The number of nitrogens with zero attached hydrogens (tertiary/aromatic N) is 1. The minimum Gasteiger partial charge on any atom is -0.399 e. The highest BCUT2D eigenvalue weighted by Crippen LogP contribution is 2.28. The smallest absolute Gasteiger partial charge is 0.119 e. The molecule has 4 N–H and O–H groups in total. The number of aromatic nitrogens is 1. The number of nitrogens with two attached hydrogens (primary N) is 2. The van der Waals surface area contributed by atoms with Gasteiger partial charge in [0, 0.05) is 17.6 Å². The summed E-state index contributed by atoms with van der Waals surface area (Å²) in [6.07, 6.45) is 1.60. The van der Waals surface area contributed by atoms with Gasteiger partial charge in [-0.25, -0.2) is 4.98 Å². The van der Waals surface area contributed by atoms with Crippen LogP contribution in [0.1, 0.15) is 5.56 Å². The van der Waals surface area contributed by atoms with Crippen molar-refractivity contribution in [1.29, 1.82) is 0 Å². The van der Waals surface area contributed by atoms with E-state index in [1.165, 1.54) is 0 Å². The van der Waals surface area contributed by atoms with Gasteiger partial charge in [-0.05, 0) is 23.8 Å². The van der Waals surface area contributed by atoms with Crippen molar-refractivity contribution in [3.05, 3.63) is 47.1 Å². The molecule has 0 unspecified atom stereocenters. The zero-order valence-electron chi connectivity index (χ0n) is 9.06. The highest BCUT2D eigenvalue weighted by Gasteiger charge is 2.03. The third-order valence-corrected chi connectivity index (χ3v) is 3.47. The van der Waals surface area contributed by atoms with Gasteiger partial charge in [0.15, 0.2) is 0 Å². The number of rotatable bonds is 3. The number of anilines is 2. The summed E-state index contributed by atoms with van der Waals surface area (Å²) in [5.74, 6) is 0.782. The second kappa shape index (κ2) is 5.29. The average molecular weight is 266 g/mol. The molecule has 2 rings (SSSR count). The summed E-state index contributed by atoms with van der Waals surface area (Å²) >= 11 is 7.35. The van der Waals surface area contributed by atoms with Crippen molar-refractivity contribution in [2.24, 2.45) is 0 Å². The van der Waals surface area contributed by atoms with Crippen molar-refractivity contribution in [3.8, 4) is 0 Å². The van der Waals surface area contributed by atoms with Gasteiger partial charge in [0.05, 0.1) is 10.7 Å². The Morgan fingerprint density at radius 1 is 1.24 bits per heavy atom. The van der Waals surface area contributed by atoms with Gasteiger partial charge in [0.2, 0.25) is 0 Å². The van der Waals surface area contributed by atoms with Crippen LogP contribution in [0, 0.1) is 0 Å². The Kier molecular flexibility index (Phi) is 3.76. The first-order valence-electron chi connectivity index (χ1n) is 5.03. The first-order valence-corrected chi connectivity index (χ1v) is 6.40. The highest BCUT2D eigenvalue weighted by molar-refractivity contribution is 7.98. The molecule has 1 aromatic carbocycles. The molecule has 0 radical (unpaired) electrons.